The highest BCUT2D eigenvalue weighted by Gasteiger charge is 2.62. The second-order valence-electron chi connectivity index (χ2n) is 11.2. The fraction of sp³-hybridized carbons (Fsp3) is 0.519. The lowest BCUT2D eigenvalue weighted by Gasteiger charge is -2.36. The van der Waals surface area contributed by atoms with Crippen molar-refractivity contribution in [2.45, 2.75) is 70.4 Å². The van der Waals surface area contributed by atoms with Crippen LogP contribution in [0.5, 0.6) is 5.75 Å². The number of ether oxygens (including phenoxy) is 2. The summed E-state index contributed by atoms with van der Waals surface area (Å²) >= 11 is 0. The van der Waals surface area contributed by atoms with E-state index in [-0.39, 0.29) is 22.7 Å². The van der Waals surface area contributed by atoms with Crippen molar-refractivity contribution in [3.63, 3.8) is 0 Å². The Hall–Kier alpha value is -3.29. The van der Waals surface area contributed by atoms with Crippen LogP contribution in [-0.4, -0.2) is 73.1 Å². The molecule has 1 unspecified atom stereocenters. The first-order valence-electron chi connectivity index (χ1n) is 13.3. The minimum atomic E-state index is -4.23. The number of halogens is 1. The Labute approximate surface area is 241 Å². The van der Waals surface area contributed by atoms with Crippen LogP contribution >= 0.6 is 7.60 Å². The van der Waals surface area contributed by atoms with Crippen LogP contribution in [0, 0.1) is 5.92 Å². The summed E-state index contributed by atoms with van der Waals surface area (Å²) in [6, 6.07) is 9.53. The highest BCUT2D eigenvalue weighted by Crippen LogP contribution is 2.56. The van der Waals surface area contributed by atoms with E-state index in [4.69, 9.17) is 24.3 Å². The van der Waals surface area contributed by atoms with Crippen LogP contribution in [-0.2, 0) is 23.4 Å². The second kappa shape index (κ2) is 11.8. The number of fused-ring (bicyclic) bond motifs is 1. The zero-order valence-corrected chi connectivity index (χ0v) is 24.8. The monoisotopic (exact) mass is 610 g/mol. The molecule has 1 aliphatic heterocycles. The van der Waals surface area contributed by atoms with Crippen LogP contribution in [0.1, 0.15) is 40.8 Å². The van der Waals surface area contributed by atoms with Crippen molar-refractivity contribution in [1.82, 2.24) is 14.5 Å². The molecule has 6 atom stereocenters. The smallest absolute Gasteiger partial charge is 0.380 e. The number of carbonyl (C=O) groups is 1. The van der Waals surface area contributed by atoms with Gasteiger partial charge in [0, 0.05) is 6.20 Å². The van der Waals surface area contributed by atoms with Crippen LogP contribution in [0.4, 0.5) is 10.3 Å². The van der Waals surface area contributed by atoms with Crippen molar-refractivity contribution in [2.24, 2.45) is 5.92 Å². The standard InChI is InChI=1S/C27H36FN4O9P/c1-15(2)38-23(35)16(3)13-42(37,40-17-9-7-6-8-10-17)41-26(4,5)20-19(33)27(36,14-28)24(39-20)32-12-11-18-21(32)30-25(29)31-22(18)34/h6-12,15-16,19-20,24,33,36H,13-14H2,1-5H3,(H3,29,30,31,34)/t16-,19+,20+,24-,27?,42-/m1/s1. The van der Waals surface area contributed by atoms with Crippen molar-refractivity contribution in [3.8, 4) is 5.75 Å². The number of nitrogens with one attached hydrogen (secondary N) is 1. The maximum Gasteiger partial charge on any atom is 0.380 e. The van der Waals surface area contributed by atoms with E-state index in [1.807, 2.05) is 0 Å². The Morgan fingerprint density at radius 2 is 1.95 bits per heavy atom. The van der Waals surface area contributed by atoms with E-state index in [9.17, 15) is 28.8 Å². The molecular formula is C27H36FN4O9P. The van der Waals surface area contributed by atoms with Gasteiger partial charge in [-0.3, -0.25) is 19.1 Å². The van der Waals surface area contributed by atoms with Crippen molar-refractivity contribution in [2.75, 3.05) is 18.6 Å². The molecule has 2 aromatic heterocycles. The molecule has 15 heteroatoms. The van der Waals surface area contributed by atoms with Crippen LogP contribution in [0.2, 0.25) is 0 Å². The summed E-state index contributed by atoms with van der Waals surface area (Å²) < 4.78 is 53.1. The number of nitrogen functional groups attached to an aromatic ring is 1. The molecule has 0 bridgehead atoms. The predicted octanol–water partition coefficient (Wildman–Crippen LogP) is 2.92. The molecule has 5 N–H and O–H groups in total. The van der Waals surface area contributed by atoms with Gasteiger partial charge in [-0.25, -0.2) is 8.96 Å². The average molecular weight is 611 g/mol. The van der Waals surface area contributed by atoms with Gasteiger partial charge in [-0.15, -0.1) is 0 Å². The maximum absolute atomic E-state index is 14.5. The van der Waals surface area contributed by atoms with Gasteiger partial charge in [0.1, 0.15) is 30.2 Å². The van der Waals surface area contributed by atoms with Gasteiger partial charge in [0.2, 0.25) is 5.95 Å². The number of rotatable bonds is 11. The fourth-order valence-corrected chi connectivity index (χ4v) is 7.16. The Morgan fingerprint density at radius 3 is 2.57 bits per heavy atom. The molecule has 0 radical (unpaired) electrons. The lowest BCUT2D eigenvalue weighted by atomic mass is 9.88. The minimum absolute atomic E-state index is 0.0183. The first-order valence-corrected chi connectivity index (χ1v) is 15.1. The van der Waals surface area contributed by atoms with Gasteiger partial charge in [0.15, 0.2) is 17.5 Å². The summed E-state index contributed by atoms with van der Waals surface area (Å²) in [6.45, 7) is 6.26. The van der Waals surface area contributed by atoms with Crippen molar-refractivity contribution >= 4 is 30.5 Å². The van der Waals surface area contributed by atoms with Crippen molar-refractivity contribution in [3.05, 3.63) is 52.9 Å². The molecule has 4 rings (SSSR count). The Kier molecular flexibility index (Phi) is 8.87. The third-order valence-corrected chi connectivity index (χ3v) is 9.10. The lowest BCUT2D eigenvalue weighted by molar-refractivity contribution is -0.151. The van der Waals surface area contributed by atoms with Gasteiger partial charge in [0.25, 0.3) is 5.56 Å². The summed E-state index contributed by atoms with van der Waals surface area (Å²) in [7, 11) is -4.23. The number of alkyl halides is 1. The molecule has 0 spiro atoms. The van der Waals surface area contributed by atoms with E-state index < -0.39 is 73.6 Å². The molecule has 230 valence electrons. The molecule has 1 fully saturated rings. The quantitative estimate of drug-likeness (QED) is 0.185. The first-order chi connectivity index (χ1) is 19.6. The number of anilines is 1. The number of nitrogens with zero attached hydrogens (tertiary/aromatic N) is 2. The van der Waals surface area contributed by atoms with Gasteiger partial charge >= 0.3 is 13.6 Å². The number of hydrogen-bond donors (Lipinski definition) is 4. The van der Waals surface area contributed by atoms with Crippen LogP contribution in [0.15, 0.2) is 47.4 Å². The number of aromatic amines is 1. The maximum atomic E-state index is 14.5. The van der Waals surface area contributed by atoms with Crippen LogP contribution in [0.3, 0.4) is 0 Å². The van der Waals surface area contributed by atoms with Gasteiger partial charge < -0.3 is 34.5 Å². The highest BCUT2D eigenvalue weighted by molar-refractivity contribution is 7.54. The van der Waals surface area contributed by atoms with Crippen LogP contribution in [0.25, 0.3) is 11.0 Å². The molecule has 3 heterocycles. The van der Waals surface area contributed by atoms with Gasteiger partial charge in [-0.1, -0.05) is 25.1 Å². The Morgan fingerprint density at radius 1 is 1.29 bits per heavy atom. The van der Waals surface area contributed by atoms with E-state index >= 15 is 0 Å². The summed E-state index contributed by atoms with van der Waals surface area (Å²) in [5, 5.41) is 22.6. The number of para-hydroxylation sites is 1. The third kappa shape index (κ3) is 6.23. The second-order valence-corrected chi connectivity index (χ2v) is 13.1. The molecule has 0 aliphatic carbocycles. The number of carbonyl (C=O) groups excluding carboxylic acids is 1. The minimum Gasteiger partial charge on any atom is -0.463 e. The molecule has 1 saturated heterocycles. The zero-order valence-electron chi connectivity index (χ0n) is 23.9. The number of aliphatic hydroxyl groups excluding tert-OH is 1. The summed E-state index contributed by atoms with van der Waals surface area (Å²) in [4.78, 5) is 31.3. The SMILES string of the molecule is CC(C)OC(=O)[C@H](C)C[P@@](=O)(Oc1ccccc1)OC(C)(C)[C@H]1O[C@@H](n2ccc3c(=O)[nH]c(N)nc32)C(O)(CF)[C@H]1O. The summed E-state index contributed by atoms with van der Waals surface area (Å²) in [6.07, 6.45) is -4.45. The molecule has 1 aliphatic rings. The van der Waals surface area contributed by atoms with E-state index in [2.05, 4.69) is 9.97 Å². The van der Waals surface area contributed by atoms with Crippen molar-refractivity contribution < 1.29 is 42.5 Å². The summed E-state index contributed by atoms with van der Waals surface area (Å²) in [5.74, 6) is -1.56. The molecular weight excluding hydrogens is 574 g/mol. The first kappa shape index (κ1) is 31.6. The molecule has 3 aromatic rings. The van der Waals surface area contributed by atoms with E-state index in [0.717, 1.165) is 0 Å². The van der Waals surface area contributed by atoms with Crippen molar-refractivity contribution in [1.29, 1.82) is 0 Å². The Balaban J connectivity index is 1.68. The topological polar surface area (TPSA) is 188 Å². The lowest BCUT2D eigenvalue weighted by Crippen LogP contribution is -2.53. The largest absolute Gasteiger partial charge is 0.463 e. The fourth-order valence-electron chi connectivity index (χ4n) is 4.89. The number of benzene rings is 1. The number of aromatic nitrogens is 3. The number of hydrogen-bond acceptors (Lipinski definition) is 11. The number of aliphatic hydroxyl groups is 2. The molecule has 0 saturated carbocycles. The normalized spacial score (nSPS) is 24.9. The Bertz CT molecular complexity index is 1530. The zero-order chi connectivity index (χ0) is 31.0. The highest BCUT2D eigenvalue weighted by atomic mass is 31.2. The molecule has 42 heavy (non-hydrogen) atoms. The average Bonchev–Trinajstić information content (AvgIpc) is 3.42. The molecule has 1 aromatic carbocycles. The number of esters is 1. The van der Waals surface area contributed by atoms with E-state index in [1.54, 1.807) is 44.2 Å². The number of H-pyrrole nitrogens is 1. The summed E-state index contributed by atoms with van der Waals surface area (Å²) in [5.41, 5.74) is 0.875. The third-order valence-electron chi connectivity index (χ3n) is 6.87. The molecule has 13 nitrogen and oxygen atoms in total. The molecule has 0 amide bonds. The van der Waals surface area contributed by atoms with Gasteiger partial charge in [-0.05, 0) is 45.9 Å². The van der Waals surface area contributed by atoms with Gasteiger partial charge in [-0.2, -0.15) is 4.98 Å². The number of nitrogens with two attached hydrogens (primary N) is 1. The van der Waals surface area contributed by atoms with E-state index in [0.29, 0.717) is 0 Å². The predicted molar refractivity (Wildman–Crippen MR) is 151 cm³/mol. The van der Waals surface area contributed by atoms with Crippen LogP contribution < -0.4 is 15.8 Å². The van der Waals surface area contributed by atoms with Gasteiger partial charge in [0.05, 0.1) is 23.6 Å². The van der Waals surface area contributed by atoms with E-state index in [1.165, 1.54) is 37.6 Å².